The SMILES string of the molecule is COC(=O)CCNCCO. The van der Waals surface area contributed by atoms with Crippen LogP contribution in [0.5, 0.6) is 0 Å². The zero-order valence-corrected chi connectivity index (χ0v) is 6.09. The van der Waals surface area contributed by atoms with Crippen LogP contribution in [0.2, 0.25) is 0 Å². The molecule has 0 amide bonds. The Labute approximate surface area is 60.2 Å². The van der Waals surface area contributed by atoms with Crippen molar-refractivity contribution in [3.8, 4) is 0 Å². The van der Waals surface area contributed by atoms with Crippen LogP contribution in [0.3, 0.4) is 0 Å². The molecule has 0 rings (SSSR count). The Morgan fingerprint density at radius 1 is 1.60 bits per heavy atom. The summed E-state index contributed by atoms with van der Waals surface area (Å²) in [6.07, 6.45) is 0.358. The van der Waals surface area contributed by atoms with Crippen molar-refractivity contribution >= 4 is 5.97 Å². The molecule has 0 aromatic rings. The molecule has 60 valence electrons. The molecule has 0 saturated heterocycles. The number of ether oxygens (including phenoxy) is 1. The Morgan fingerprint density at radius 3 is 2.80 bits per heavy atom. The second-order valence-corrected chi connectivity index (χ2v) is 1.80. The molecule has 0 atom stereocenters. The maximum Gasteiger partial charge on any atom is 0.306 e. The van der Waals surface area contributed by atoms with Crippen LogP contribution in [0.1, 0.15) is 6.42 Å². The Bertz CT molecular complexity index is 95.0. The zero-order chi connectivity index (χ0) is 7.82. The summed E-state index contributed by atoms with van der Waals surface area (Å²) < 4.78 is 4.39. The van der Waals surface area contributed by atoms with Crippen molar-refractivity contribution in [2.75, 3.05) is 26.8 Å². The maximum absolute atomic E-state index is 10.5. The highest BCUT2D eigenvalue weighted by Gasteiger charge is 1.96. The van der Waals surface area contributed by atoms with Gasteiger partial charge in [0.1, 0.15) is 0 Å². The number of nitrogens with one attached hydrogen (secondary N) is 1. The highest BCUT2D eigenvalue weighted by molar-refractivity contribution is 5.69. The van der Waals surface area contributed by atoms with Gasteiger partial charge in [-0.2, -0.15) is 0 Å². The molecule has 4 heteroatoms. The number of rotatable bonds is 5. The van der Waals surface area contributed by atoms with Crippen LogP contribution in [0.25, 0.3) is 0 Å². The molecule has 0 heterocycles. The quantitative estimate of drug-likeness (QED) is 0.392. The van der Waals surface area contributed by atoms with E-state index in [9.17, 15) is 4.79 Å². The van der Waals surface area contributed by atoms with Gasteiger partial charge in [0, 0.05) is 13.1 Å². The summed E-state index contributed by atoms with van der Waals surface area (Å²) in [5, 5.41) is 11.2. The molecule has 0 bridgehead atoms. The summed E-state index contributed by atoms with van der Waals surface area (Å²) in [6.45, 7) is 1.19. The van der Waals surface area contributed by atoms with Crippen LogP contribution in [-0.4, -0.2) is 37.9 Å². The third-order valence-electron chi connectivity index (χ3n) is 1.02. The fourth-order valence-electron chi connectivity index (χ4n) is 0.497. The van der Waals surface area contributed by atoms with Crippen LogP contribution in [0.4, 0.5) is 0 Å². The summed E-state index contributed by atoms with van der Waals surface area (Å²) in [6, 6.07) is 0. The molecule has 0 unspecified atom stereocenters. The van der Waals surface area contributed by atoms with Crippen LogP contribution >= 0.6 is 0 Å². The molecule has 10 heavy (non-hydrogen) atoms. The van der Waals surface area contributed by atoms with Crippen LogP contribution in [-0.2, 0) is 9.53 Å². The van der Waals surface area contributed by atoms with Crippen molar-refractivity contribution in [3.63, 3.8) is 0 Å². The molecule has 2 N–H and O–H groups in total. The zero-order valence-electron chi connectivity index (χ0n) is 6.09. The third-order valence-corrected chi connectivity index (χ3v) is 1.02. The average Bonchev–Trinajstić information content (AvgIpc) is 1.98. The summed E-state index contributed by atoms with van der Waals surface area (Å²) in [5.74, 6) is -0.231. The molecule has 0 saturated carbocycles. The molecular formula is C6H13NO3. The fourth-order valence-corrected chi connectivity index (χ4v) is 0.497. The van der Waals surface area contributed by atoms with Gasteiger partial charge in [-0.15, -0.1) is 0 Å². The predicted octanol–water partition coefficient (Wildman–Crippen LogP) is -0.869. The van der Waals surface area contributed by atoms with Gasteiger partial charge in [-0.25, -0.2) is 0 Å². The van der Waals surface area contributed by atoms with E-state index in [0.29, 0.717) is 19.5 Å². The summed E-state index contributed by atoms with van der Waals surface area (Å²) in [5.41, 5.74) is 0. The van der Waals surface area contributed by atoms with E-state index in [1.807, 2.05) is 0 Å². The molecule has 0 aromatic carbocycles. The Morgan fingerprint density at radius 2 is 2.30 bits per heavy atom. The van der Waals surface area contributed by atoms with Gasteiger partial charge in [-0.05, 0) is 0 Å². The first-order valence-electron chi connectivity index (χ1n) is 3.19. The molecule has 0 aromatic heterocycles. The summed E-state index contributed by atoms with van der Waals surface area (Å²) >= 11 is 0. The molecular weight excluding hydrogens is 134 g/mol. The number of hydrogen-bond donors (Lipinski definition) is 2. The normalized spacial score (nSPS) is 9.40. The number of aliphatic hydroxyl groups excluding tert-OH is 1. The first-order valence-corrected chi connectivity index (χ1v) is 3.19. The molecule has 0 aliphatic carbocycles. The van der Waals surface area contributed by atoms with Crippen molar-refractivity contribution in [1.82, 2.24) is 5.32 Å². The highest BCUT2D eigenvalue weighted by atomic mass is 16.5. The minimum Gasteiger partial charge on any atom is -0.469 e. The summed E-state index contributed by atoms with van der Waals surface area (Å²) in [7, 11) is 1.36. The first-order chi connectivity index (χ1) is 4.81. The van der Waals surface area contributed by atoms with Crippen molar-refractivity contribution < 1.29 is 14.6 Å². The lowest BCUT2D eigenvalue weighted by Gasteiger charge is -1.99. The topological polar surface area (TPSA) is 58.6 Å². The molecule has 0 radical (unpaired) electrons. The lowest BCUT2D eigenvalue weighted by Crippen LogP contribution is -2.21. The van der Waals surface area contributed by atoms with E-state index >= 15 is 0 Å². The van der Waals surface area contributed by atoms with Gasteiger partial charge in [0.05, 0.1) is 20.1 Å². The highest BCUT2D eigenvalue weighted by Crippen LogP contribution is 1.79. The monoisotopic (exact) mass is 147 g/mol. The standard InChI is InChI=1S/C6H13NO3/c1-10-6(9)2-3-7-4-5-8/h7-8H,2-5H2,1H3. The average molecular weight is 147 g/mol. The third kappa shape index (κ3) is 5.53. The van der Waals surface area contributed by atoms with Crippen LogP contribution < -0.4 is 5.32 Å². The van der Waals surface area contributed by atoms with Gasteiger partial charge in [-0.1, -0.05) is 0 Å². The second-order valence-electron chi connectivity index (χ2n) is 1.80. The van der Waals surface area contributed by atoms with Crippen molar-refractivity contribution in [2.24, 2.45) is 0 Å². The van der Waals surface area contributed by atoms with Crippen molar-refractivity contribution in [3.05, 3.63) is 0 Å². The lowest BCUT2D eigenvalue weighted by atomic mass is 10.4. The van der Waals surface area contributed by atoms with Crippen LogP contribution in [0, 0.1) is 0 Å². The van der Waals surface area contributed by atoms with Gasteiger partial charge in [0.25, 0.3) is 0 Å². The molecule has 0 spiro atoms. The molecule has 0 fully saturated rings. The molecule has 0 aliphatic heterocycles. The van der Waals surface area contributed by atoms with E-state index in [4.69, 9.17) is 5.11 Å². The minimum atomic E-state index is -0.231. The Kier molecular flexibility index (Phi) is 6.11. The van der Waals surface area contributed by atoms with E-state index in [-0.39, 0.29) is 12.6 Å². The largest absolute Gasteiger partial charge is 0.469 e. The number of hydrogen-bond acceptors (Lipinski definition) is 4. The maximum atomic E-state index is 10.5. The lowest BCUT2D eigenvalue weighted by molar-refractivity contribution is -0.140. The predicted molar refractivity (Wildman–Crippen MR) is 36.6 cm³/mol. The number of aliphatic hydroxyl groups is 1. The van der Waals surface area contributed by atoms with Gasteiger partial charge >= 0.3 is 5.97 Å². The van der Waals surface area contributed by atoms with Crippen LogP contribution in [0.15, 0.2) is 0 Å². The van der Waals surface area contributed by atoms with Crippen molar-refractivity contribution in [1.29, 1.82) is 0 Å². The number of methoxy groups -OCH3 is 1. The van der Waals surface area contributed by atoms with Gasteiger partial charge < -0.3 is 15.2 Å². The van der Waals surface area contributed by atoms with Gasteiger partial charge in [-0.3, -0.25) is 4.79 Å². The molecule has 4 nitrogen and oxygen atoms in total. The van der Waals surface area contributed by atoms with E-state index in [1.54, 1.807) is 0 Å². The smallest absolute Gasteiger partial charge is 0.306 e. The second kappa shape index (κ2) is 6.51. The Hall–Kier alpha value is -0.610. The van der Waals surface area contributed by atoms with E-state index in [1.165, 1.54) is 7.11 Å². The van der Waals surface area contributed by atoms with E-state index < -0.39 is 0 Å². The van der Waals surface area contributed by atoms with Gasteiger partial charge in [0.2, 0.25) is 0 Å². The van der Waals surface area contributed by atoms with Gasteiger partial charge in [0.15, 0.2) is 0 Å². The summed E-state index contributed by atoms with van der Waals surface area (Å²) in [4.78, 5) is 10.5. The molecule has 0 aliphatic rings. The first kappa shape index (κ1) is 9.39. The number of carbonyl (C=O) groups is 1. The fraction of sp³-hybridized carbons (Fsp3) is 0.833. The Balaban J connectivity index is 2.96. The van der Waals surface area contributed by atoms with E-state index in [0.717, 1.165) is 0 Å². The number of esters is 1. The van der Waals surface area contributed by atoms with Crippen molar-refractivity contribution in [2.45, 2.75) is 6.42 Å². The number of carbonyl (C=O) groups excluding carboxylic acids is 1. The minimum absolute atomic E-state index is 0.0984. The van der Waals surface area contributed by atoms with E-state index in [2.05, 4.69) is 10.1 Å².